The Morgan fingerprint density at radius 2 is 2.12 bits per heavy atom. The van der Waals surface area contributed by atoms with Gasteiger partial charge in [0.25, 0.3) is 5.91 Å². The molecular formula is C21H25N3O2. The minimum Gasteiger partial charge on any atom is -0.333 e. The predicted molar refractivity (Wildman–Crippen MR) is 100 cm³/mol. The number of amides is 3. The van der Waals surface area contributed by atoms with Crippen LogP contribution in [0.2, 0.25) is 0 Å². The normalized spacial score (nSPS) is 22.7. The van der Waals surface area contributed by atoms with Gasteiger partial charge in [-0.15, -0.1) is 0 Å². The van der Waals surface area contributed by atoms with Gasteiger partial charge in [-0.2, -0.15) is 0 Å². The van der Waals surface area contributed by atoms with Crippen LogP contribution in [0.3, 0.4) is 0 Å². The number of aryl methyl sites for hydroxylation is 1. The Labute approximate surface area is 154 Å². The van der Waals surface area contributed by atoms with Crippen molar-refractivity contribution in [2.75, 3.05) is 13.1 Å². The van der Waals surface area contributed by atoms with E-state index in [-0.39, 0.29) is 18.0 Å². The Kier molecular flexibility index (Phi) is 4.53. The Hall–Kier alpha value is -2.56. The monoisotopic (exact) mass is 351 g/mol. The lowest BCUT2D eigenvalue weighted by molar-refractivity contribution is -0.125. The molecule has 1 aliphatic carbocycles. The molecule has 26 heavy (non-hydrogen) atoms. The van der Waals surface area contributed by atoms with Gasteiger partial charge in [-0.05, 0) is 44.6 Å². The Morgan fingerprint density at radius 1 is 1.23 bits per heavy atom. The zero-order valence-corrected chi connectivity index (χ0v) is 15.2. The van der Waals surface area contributed by atoms with Crippen molar-refractivity contribution in [3.8, 4) is 0 Å². The summed E-state index contributed by atoms with van der Waals surface area (Å²) >= 11 is 0. The van der Waals surface area contributed by atoms with Gasteiger partial charge < -0.3 is 15.5 Å². The van der Waals surface area contributed by atoms with Crippen molar-refractivity contribution in [1.82, 2.24) is 15.5 Å². The maximum absolute atomic E-state index is 13.0. The fraction of sp³-hybridized carbons (Fsp3) is 0.429. The van der Waals surface area contributed by atoms with E-state index in [0.717, 1.165) is 36.1 Å². The Morgan fingerprint density at radius 3 is 2.88 bits per heavy atom. The smallest absolute Gasteiger partial charge is 0.319 e. The summed E-state index contributed by atoms with van der Waals surface area (Å²) in [7, 11) is 0. The van der Waals surface area contributed by atoms with Gasteiger partial charge in [0.1, 0.15) is 0 Å². The van der Waals surface area contributed by atoms with E-state index in [2.05, 4.69) is 16.7 Å². The summed E-state index contributed by atoms with van der Waals surface area (Å²) < 4.78 is 0. The van der Waals surface area contributed by atoms with Crippen LogP contribution in [0.4, 0.5) is 4.79 Å². The third kappa shape index (κ3) is 3.26. The first kappa shape index (κ1) is 16.9. The molecule has 3 aliphatic rings. The summed E-state index contributed by atoms with van der Waals surface area (Å²) in [5, 5.41) is 5.76. The van der Waals surface area contributed by atoms with Gasteiger partial charge >= 0.3 is 6.03 Å². The van der Waals surface area contributed by atoms with Crippen LogP contribution < -0.4 is 10.6 Å². The number of hydrogen-bond donors (Lipinski definition) is 2. The molecule has 1 aromatic rings. The predicted octanol–water partition coefficient (Wildman–Crippen LogP) is 3.34. The number of nitrogens with one attached hydrogen (secondary N) is 2. The number of urea groups is 1. The van der Waals surface area contributed by atoms with Crippen molar-refractivity contribution in [2.24, 2.45) is 0 Å². The molecule has 0 aromatic heterocycles. The first-order chi connectivity index (χ1) is 12.6. The molecule has 4 rings (SSSR count). The topological polar surface area (TPSA) is 61.4 Å². The van der Waals surface area contributed by atoms with Crippen molar-refractivity contribution < 1.29 is 9.59 Å². The highest BCUT2D eigenvalue weighted by atomic mass is 16.2. The standard InChI is InChI=1S/C21H25N3O2/c1-14-6-5-9-16(12-14)19-18-17(22-21(26)23-19)13-24(20(18)25)11-10-15-7-3-2-4-8-15/h5-7,9,12,19H,2-4,8,10-11,13H2,1H3,(H2,22,23,26)/t19-/m1/s1. The number of carbonyl (C=O) groups is 2. The minimum absolute atomic E-state index is 0.0374. The first-order valence-electron chi connectivity index (χ1n) is 9.46. The lowest BCUT2D eigenvalue weighted by Gasteiger charge is -2.25. The molecule has 1 atom stereocenters. The third-order valence-electron chi connectivity index (χ3n) is 5.48. The van der Waals surface area contributed by atoms with Crippen LogP contribution in [0.15, 0.2) is 47.2 Å². The molecule has 2 aliphatic heterocycles. The van der Waals surface area contributed by atoms with Crippen LogP contribution in [0.25, 0.3) is 0 Å². The van der Waals surface area contributed by atoms with Gasteiger partial charge in [0.2, 0.25) is 0 Å². The SMILES string of the molecule is Cc1cccc([C@H]2NC(=O)NC3=C2C(=O)N(CCC2=CCCCC2)C3)c1. The molecule has 5 nitrogen and oxygen atoms in total. The summed E-state index contributed by atoms with van der Waals surface area (Å²) in [5.41, 5.74) is 4.98. The zero-order valence-electron chi connectivity index (χ0n) is 15.2. The van der Waals surface area contributed by atoms with Crippen LogP contribution in [0, 0.1) is 6.92 Å². The summed E-state index contributed by atoms with van der Waals surface area (Å²) in [4.78, 5) is 27.0. The molecule has 0 bridgehead atoms. The molecule has 0 radical (unpaired) electrons. The van der Waals surface area contributed by atoms with E-state index in [4.69, 9.17) is 0 Å². The minimum atomic E-state index is -0.370. The maximum atomic E-state index is 13.0. The van der Waals surface area contributed by atoms with Gasteiger partial charge in [0, 0.05) is 6.54 Å². The summed E-state index contributed by atoms with van der Waals surface area (Å²) in [6.45, 7) is 3.23. The van der Waals surface area contributed by atoms with Gasteiger partial charge in [0.05, 0.1) is 23.9 Å². The van der Waals surface area contributed by atoms with E-state index >= 15 is 0 Å². The molecule has 3 amide bonds. The number of hydrogen-bond acceptors (Lipinski definition) is 2. The summed E-state index contributed by atoms with van der Waals surface area (Å²) in [6, 6.07) is 7.37. The molecule has 5 heteroatoms. The van der Waals surface area contributed by atoms with E-state index < -0.39 is 0 Å². The van der Waals surface area contributed by atoms with Crippen LogP contribution in [-0.2, 0) is 4.79 Å². The van der Waals surface area contributed by atoms with E-state index in [1.807, 2.05) is 36.1 Å². The number of benzene rings is 1. The van der Waals surface area contributed by atoms with E-state index in [1.165, 1.54) is 18.4 Å². The fourth-order valence-corrected chi connectivity index (χ4v) is 4.12. The molecule has 0 spiro atoms. The molecule has 1 aromatic carbocycles. The van der Waals surface area contributed by atoms with Gasteiger partial charge in [0.15, 0.2) is 0 Å². The molecule has 0 unspecified atom stereocenters. The fourth-order valence-electron chi connectivity index (χ4n) is 4.12. The van der Waals surface area contributed by atoms with Crippen LogP contribution in [0.1, 0.15) is 49.3 Å². The highest BCUT2D eigenvalue weighted by molar-refractivity contribution is 6.01. The van der Waals surface area contributed by atoms with Crippen LogP contribution >= 0.6 is 0 Å². The van der Waals surface area contributed by atoms with Crippen molar-refractivity contribution in [2.45, 2.75) is 45.1 Å². The zero-order chi connectivity index (χ0) is 18.1. The lowest BCUT2D eigenvalue weighted by Crippen LogP contribution is -2.44. The first-order valence-corrected chi connectivity index (χ1v) is 9.46. The van der Waals surface area contributed by atoms with Crippen LogP contribution in [-0.4, -0.2) is 29.9 Å². The van der Waals surface area contributed by atoms with Gasteiger partial charge in [-0.25, -0.2) is 4.79 Å². The van der Waals surface area contributed by atoms with Gasteiger partial charge in [-0.1, -0.05) is 41.5 Å². The third-order valence-corrected chi connectivity index (χ3v) is 5.48. The quantitative estimate of drug-likeness (QED) is 0.818. The average molecular weight is 351 g/mol. The molecule has 0 saturated carbocycles. The molecular weight excluding hydrogens is 326 g/mol. The molecule has 0 saturated heterocycles. The number of rotatable bonds is 4. The number of nitrogens with zero attached hydrogens (tertiary/aromatic N) is 1. The summed E-state index contributed by atoms with van der Waals surface area (Å²) in [6.07, 6.45) is 8.10. The van der Waals surface area contributed by atoms with E-state index in [0.29, 0.717) is 18.7 Å². The van der Waals surface area contributed by atoms with E-state index in [1.54, 1.807) is 0 Å². The second kappa shape index (κ2) is 6.98. The van der Waals surface area contributed by atoms with Gasteiger partial charge in [-0.3, -0.25) is 4.79 Å². The average Bonchev–Trinajstić information content (AvgIpc) is 2.96. The second-order valence-corrected chi connectivity index (χ2v) is 7.42. The lowest BCUT2D eigenvalue weighted by atomic mass is 9.95. The second-order valence-electron chi connectivity index (χ2n) is 7.42. The molecule has 136 valence electrons. The molecule has 2 heterocycles. The van der Waals surface area contributed by atoms with Crippen molar-refractivity contribution in [3.63, 3.8) is 0 Å². The molecule has 2 N–H and O–H groups in total. The van der Waals surface area contributed by atoms with Crippen molar-refractivity contribution >= 4 is 11.9 Å². The largest absolute Gasteiger partial charge is 0.333 e. The maximum Gasteiger partial charge on any atom is 0.319 e. The van der Waals surface area contributed by atoms with E-state index in [9.17, 15) is 9.59 Å². The number of carbonyl (C=O) groups excluding carboxylic acids is 2. The Bertz CT molecular complexity index is 809. The Balaban J connectivity index is 1.53. The summed E-state index contributed by atoms with van der Waals surface area (Å²) in [5.74, 6) is 0.0374. The highest BCUT2D eigenvalue weighted by Crippen LogP contribution is 2.33. The van der Waals surface area contributed by atoms with Crippen molar-refractivity contribution in [3.05, 3.63) is 58.3 Å². The number of allylic oxidation sites excluding steroid dienone is 1. The molecule has 0 fully saturated rings. The van der Waals surface area contributed by atoms with Crippen LogP contribution in [0.5, 0.6) is 0 Å². The highest BCUT2D eigenvalue weighted by Gasteiger charge is 2.40. The van der Waals surface area contributed by atoms with Crippen molar-refractivity contribution in [1.29, 1.82) is 0 Å².